The highest BCUT2D eigenvalue weighted by molar-refractivity contribution is 5.73. The SMILES string of the molecule is Cc1ncc(N(CC(=O)O)CC(F)(F)F)nc1C. The number of alkyl halides is 3. The largest absolute Gasteiger partial charge is 0.480 e. The molecule has 0 amide bonds. The number of rotatable bonds is 4. The fourth-order valence-electron chi connectivity index (χ4n) is 1.28. The summed E-state index contributed by atoms with van der Waals surface area (Å²) in [5, 5.41) is 8.61. The van der Waals surface area contributed by atoms with Crippen molar-refractivity contribution >= 4 is 11.8 Å². The molecule has 0 unspecified atom stereocenters. The minimum Gasteiger partial charge on any atom is -0.480 e. The van der Waals surface area contributed by atoms with Crippen molar-refractivity contribution in [1.29, 1.82) is 0 Å². The van der Waals surface area contributed by atoms with Crippen LogP contribution in [0.4, 0.5) is 19.0 Å². The zero-order chi connectivity index (χ0) is 13.9. The molecule has 0 radical (unpaired) electrons. The Balaban J connectivity index is 3.01. The molecular formula is C10H12F3N3O2. The van der Waals surface area contributed by atoms with Crippen LogP contribution in [0.25, 0.3) is 0 Å². The number of nitrogens with zero attached hydrogens (tertiary/aromatic N) is 3. The van der Waals surface area contributed by atoms with Crippen molar-refractivity contribution in [3.8, 4) is 0 Å². The van der Waals surface area contributed by atoms with E-state index in [-0.39, 0.29) is 5.82 Å². The Hall–Kier alpha value is -1.86. The normalized spacial score (nSPS) is 11.4. The molecule has 5 nitrogen and oxygen atoms in total. The number of aryl methyl sites for hydroxylation is 2. The average Bonchev–Trinajstić information content (AvgIpc) is 2.18. The lowest BCUT2D eigenvalue weighted by Crippen LogP contribution is -2.38. The van der Waals surface area contributed by atoms with E-state index in [0.29, 0.717) is 16.3 Å². The van der Waals surface area contributed by atoms with E-state index in [9.17, 15) is 18.0 Å². The zero-order valence-electron chi connectivity index (χ0n) is 9.82. The fraction of sp³-hybridized carbons (Fsp3) is 0.500. The molecule has 0 aliphatic heterocycles. The van der Waals surface area contributed by atoms with E-state index in [1.54, 1.807) is 13.8 Å². The van der Waals surface area contributed by atoms with E-state index in [2.05, 4.69) is 9.97 Å². The highest BCUT2D eigenvalue weighted by atomic mass is 19.4. The summed E-state index contributed by atoms with van der Waals surface area (Å²) in [5.74, 6) is -1.46. The van der Waals surface area contributed by atoms with E-state index < -0.39 is 25.2 Å². The van der Waals surface area contributed by atoms with Crippen LogP contribution in [0.3, 0.4) is 0 Å². The summed E-state index contributed by atoms with van der Waals surface area (Å²) in [6.07, 6.45) is -3.37. The fourth-order valence-corrected chi connectivity index (χ4v) is 1.28. The Labute approximate surface area is 101 Å². The summed E-state index contributed by atoms with van der Waals surface area (Å²) in [7, 11) is 0. The van der Waals surface area contributed by atoms with Gasteiger partial charge in [-0.2, -0.15) is 13.2 Å². The first-order chi connectivity index (χ1) is 8.19. The molecule has 1 aromatic heterocycles. The summed E-state index contributed by atoms with van der Waals surface area (Å²) in [6.45, 7) is 1.10. The van der Waals surface area contributed by atoms with Crippen LogP contribution in [0.5, 0.6) is 0 Å². The van der Waals surface area contributed by atoms with Gasteiger partial charge in [0.25, 0.3) is 0 Å². The molecular weight excluding hydrogens is 251 g/mol. The van der Waals surface area contributed by atoms with E-state index in [1.807, 2.05) is 0 Å². The third kappa shape index (κ3) is 4.19. The lowest BCUT2D eigenvalue weighted by Gasteiger charge is -2.23. The van der Waals surface area contributed by atoms with Crippen molar-refractivity contribution in [1.82, 2.24) is 9.97 Å². The second kappa shape index (κ2) is 5.19. The van der Waals surface area contributed by atoms with Crippen LogP contribution in [0.15, 0.2) is 6.20 Å². The zero-order valence-corrected chi connectivity index (χ0v) is 9.82. The quantitative estimate of drug-likeness (QED) is 0.892. The van der Waals surface area contributed by atoms with Crippen LogP contribution >= 0.6 is 0 Å². The topological polar surface area (TPSA) is 66.3 Å². The predicted molar refractivity (Wildman–Crippen MR) is 57.4 cm³/mol. The molecule has 1 N–H and O–H groups in total. The Morgan fingerprint density at radius 3 is 2.44 bits per heavy atom. The minimum atomic E-state index is -4.50. The summed E-state index contributed by atoms with van der Waals surface area (Å²) in [4.78, 5) is 19.0. The molecule has 0 aromatic carbocycles. The van der Waals surface area contributed by atoms with Crippen LogP contribution in [0.2, 0.25) is 0 Å². The maximum Gasteiger partial charge on any atom is 0.405 e. The smallest absolute Gasteiger partial charge is 0.405 e. The molecule has 0 saturated carbocycles. The van der Waals surface area contributed by atoms with Gasteiger partial charge < -0.3 is 10.0 Å². The molecule has 1 rings (SSSR count). The first-order valence-electron chi connectivity index (χ1n) is 5.03. The van der Waals surface area contributed by atoms with Crippen molar-refractivity contribution in [3.63, 3.8) is 0 Å². The first kappa shape index (κ1) is 14.2. The van der Waals surface area contributed by atoms with Gasteiger partial charge in [-0.05, 0) is 13.8 Å². The number of anilines is 1. The Kier molecular flexibility index (Phi) is 4.10. The van der Waals surface area contributed by atoms with Gasteiger partial charge in [0.15, 0.2) is 0 Å². The molecule has 0 atom stereocenters. The third-order valence-corrected chi connectivity index (χ3v) is 2.20. The molecule has 18 heavy (non-hydrogen) atoms. The van der Waals surface area contributed by atoms with E-state index in [1.165, 1.54) is 0 Å². The Morgan fingerprint density at radius 2 is 2.00 bits per heavy atom. The molecule has 1 aromatic rings. The molecule has 0 aliphatic carbocycles. The number of carbonyl (C=O) groups is 1. The molecule has 0 fully saturated rings. The van der Waals surface area contributed by atoms with Gasteiger partial charge >= 0.3 is 12.1 Å². The lowest BCUT2D eigenvalue weighted by molar-refractivity contribution is -0.136. The van der Waals surface area contributed by atoms with Gasteiger partial charge in [0.2, 0.25) is 0 Å². The monoisotopic (exact) mass is 263 g/mol. The van der Waals surface area contributed by atoms with Crippen LogP contribution < -0.4 is 4.90 Å². The van der Waals surface area contributed by atoms with Crippen molar-refractivity contribution in [2.75, 3.05) is 18.0 Å². The van der Waals surface area contributed by atoms with E-state index in [4.69, 9.17) is 5.11 Å². The summed E-state index contributed by atoms with van der Waals surface area (Å²) >= 11 is 0. The summed E-state index contributed by atoms with van der Waals surface area (Å²) in [5.41, 5.74) is 1.05. The van der Waals surface area contributed by atoms with Gasteiger partial charge in [-0.15, -0.1) is 0 Å². The maximum absolute atomic E-state index is 12.3. The summed E-state index contributed by atoms with van der Waals surface area (Å²) < 4.78 is 37.0. The van der Waals surface area contributed by atoms with Gasteiger partial charge in [0.1, 0.15) is 18.9 Å². The highest BCUT2D eigenvalue weighted by Gasteiger charge is 2.32. The number of halogens is 3. The standard InChI is InChI=1S/C10H12F3N3O2/c1-6-7(2)15-8(3-14-6)16(4-9(17)18)5-10(11,12)13/h3H,4-5H2,1-2H3,(H,17,18). The van der Waals surface area contributed by atoms with Crippen molar-refractivity contribution in [3.05, 3.63) is 17.6 Å². The van der Waals surface area contributed by atoms with Gasteiger partial charge in [-0.1, -0.05) is 0 Å². The average molecular weight is 263 g/mol. The number of carboxylic acid groups (broad SMARTS) is 1. The predicted octanol–water partition coefficient (Wildman–Crippen LogP) is 1.55. The molecule has 0 saturated heterocycles. The van der Waals surface area contributed by atoms with Crippen LogP contribution in [-0.2, 0) is 4.79 Å². The molecule has 0 aliphatic rings. The highest BCUT2D eigenvalue weighted by Crippen LogP contribution is 2.20. The summed E-state index contributed by atoms with van der Waals surface area (Å²) in [6, 6.07) is 0. The van der Waals surface area contributed by atoms with Crippen molar-refractivity contribution in [2.45, 2.75) is 20.0 Å². The number of hydrogen-bond acceptors (Lipinski definition) is 4. The van der Waals surface area contributed by atoms with Gasteiger partial charge in [0, 0.05) is 0 Å². The van der Waals surface area contributed by atoms with E-state index in [0.717, 1.165) is 6.20 Å². The number of aromatic nitrogens is 2. The van der Waals surface area contributed by atoms with Crippen molar-refractivity contribution < 1.29 is 23.1 Å². The van der Waals surface area contributed by atoms with Crippen LogP contribution in [0.1, 0.15) is 11.4 Å². The first-order valence-corrected chi connectivity index (χ1v) is 5.03. The maximum atomic E-state index is 12.3. The molecule has 100 valence electrons. The molecule has 1 heterocycles. The minimum absolute atomic E-state index is 0.0992. The number of aliphatic carboxylic acids is 1. The van der Waals surface area contributed by atoms with Gasteiger partial charge in [0.05, 0.1) is 17.6 Å². The second-order valence-electron chi connectivity index (χ2n) is 3.76. The van der Waals surface area contributed by atoms with Crippen molar-refractivity contribution in [2.24, 2.45) is 0 Å². The van der Waals surface area contributed by atoms with E-state index >= 15 is 0 Å². The Morgan fingerprint density at radius 1 is 1.39 bits per heavy atom. The second-order valence-corrected chi connectivity index (χ2v) is 3.76. The Bertz CT molecular complexity index is 448. The van der Waals surface area contributed by atoms with Crippen LogP contribution in [0, 0.1) is 13.8 Å². The lowest BCUT2D eigenvalue weighted by atomic mass is 10.3. The van der Waals surface area contributed by atoms with Crippen LogP contribution in [-0.4, -0.2) is 40.3 Å². The molecule has 8 heteroatoms. The number of hydrogen-bond donors (Lipinski definition) is 1. The molecule has 0 bridgehead atoms. The van der Waals surface area contributed by atoms with Gasteiger partial charge in [-0.3, -0.25) is 9.78 Å². The van der Waals surface area contributed by atoms with Gasteiger partial charge in [-0.25, -0.2) is 4.98 Å². The third-order valence-electron chi connectivity index (χ3n) is 2.20. The number of carboxylic acids is 1. The molecule has 0 spiro atoms.